The molecule has 0 heterocycles. The monoisotopic (exact) mass is 246 g/mol. The summed E-state index contributed by atoms with van der Waals surface area (Å²) in [5.41, 5.74) is 1.17. The van der Waals surface area contributed by atoms with Crippen molar-refractivity contribution in [2.24, 2.45) is 0 Å². The van der Waals surface area contributed by atoms with Crippen LogP contribution in [0.1, 0.15) is 61.4 Å². The van der Waals surface area contributed by atoms with Crippen molar-refractivity contribution in [3.63, 3.8) is 0 Å². The molecule has 0 saturated heterocycles. The van der Waals surface area contributed by atoms with Crippen LogP contribution in [0.4, 0.5) is 0 Å². The Balaban J connectivity index is 2.40. The van der Waals surface area contributed by atoms with Gasteiger partial charge in [-0.25, -0.2) is 4.79 Å². The Bertz CT molecular complexity index is 394. The zero-order chi connectivity index (χ0) is 13.2. The number of unbranched alkanes of at least 4 members (excludes halogenated alkanes) is 5. The Kier molecular flexibility index (Phi) is 6.85. The number of benzene rings is 1. The van der Waals surface area contributed by atoms with Crippen molar-refractivity contribution >= 4 is 12.0 Å². The minimum Gasteiger partial charge on any atom is -0.478 e. The summed E-state index contributed by atoms with van der Waals surface area (Å²) in [4.78, 5) is 11.0. The average Bonchev–Trinajstić information content (AvgIpc) is 2.38. The Labute approximate surface area is 109 Å². The van der Waals surface area contributed by atoms with Gasteiger partial charge in [-0.2, -0.15) is 0 Å². The molecule has 0 bridgehead atoms. The largest absolute Gasteiger partial charge is 0.478 e. The van der Waals surface area contributed by atoms with Crippen LogP contribution in [0, 0.1) is 0 Å². The minimum atomic E-state index is -0.863. The molecule has 0 radical (unpaired) electrons. The van der Waals surface area contributed by atoms with E-state index in [9.17, 15) is 4.79 Å². The first-order valence-corrected chi connectivity index (χ1v) is 6.74. The molecule has 0 amide bonds. The summed E-state index contributed by atoms with van der Waals surface area (Å²) < 4.78 is 0. The maximum atomic E-state index is 11.0. The third kappa shape index (κ3) is 5.17. The van der Waals surface area contributed by atoms with Gasteiger partial charge in [0.15, 0.2) is 0 Å². The van der Waals surface area contributed by atoms with Gasteiger partial charge in [-0.3, -0.25) is 0 Å². The van der Waals surface area contributed by atoms with Gasteiger partial charge < -0.3 is 5.11 Å². The van der Waals surface area contributed by atoms with E-state index in [1.54, 1.807) is 12.1 Å². The minimum absolute atomic E-state index is 0.375. The van der Waals surface area contributed by atoms with Crippen molar-refractivity contribution in [2.45, 2.75) is 45.4 Å². The van der Waals surface area contributed by atoms with Crippen LogP contribution < -0.4 is 0 Å². The third-order valence-corrected chi connectivity index (χ3v) is 2.96. The summed E-state index contributed by atoms with van der Waals surface area (Å²) in [5, 5.41) is 9.03. The molecule has 0 atom stereocenters. The molecule has 0 fully saturated rings. The highest BCUT2D eigenvalue weighted by Gasteiger charge is 2.05. The van der Waals surface area contributed by atoms with Gasteiger partial charge in [0.1, 0.15) is 0 Å². The fourth-order valence-corrected chi connectivity index (χ4v) is 1.91. The predicted octanol–water partition coefficient (Wildman–Crippen LogP) is 4.76. The fourth-order valence-electron chi connectivity index (χ4n) is 1.91. The fraction of sp³-hybridized carbons (Fsp3) is 0.438. The van der Waals surface area contributed by atoms with Crippen LogP contribution in [0.25, 0.3) is 6.08 Å². The van der Waals surface area contributed by atoms with Gasteiger partial charge >= 0.3 is 5.97 Å². The maximum absolute atomic E-state index is 11.0. The average molecular weight is 246 g/mol. The molecule has 0 saturated carbocycles. The highest BCUT2D eigenvalue weighted by molar-refractivity contribution is 5.92. The Morgan fingerprint density at radius 1 is 1.17 bits per heavy atom. The Hall–Kier alpha value is -1.57. The van der Waals surface area contributed by atoms with E-state index in [1.165, 1.54) is 32.1 Å². The van der Waals surface area contributed by atoms with Gasteiger partial charge in [-0.1, -0.05) is 63.0 Å². The molecule has 2 heteroatoms. The van der Waals surface area contributed by atoms with E-state index < -0.39 is 5.97 Å². The lowest BCUT2D eigenvalue weighted by molar-refractivity contribution is 0.0696. The van der Waals surface area contributed by atoms with Crippen LogP contribution in [0.5, 0.6) is 0 Å². The maximum Gasteiger partial charge on any atom is 0.336 e. The van der Waals surface area contributed by atoms with Crippen molar-refractivity contribution in [3.05, 3.63) is 41.5 Å². The smallest absolute Gasteiger partial charge is 0.336 e. The highest BCUT2D eigenvalue weighted by atomic mass is 16.4. The predicted molar refractivity (Wildman–Crippen MR) is 75.8 cm³/mol. The Morgan fingerprint density at radius 2 is 1.89 bits per heavy atom. The van der Waals surface area contributed by atoms with Crippen LogP contribution in [-0.2, 0) is 0 Å². The van der Waals surface area contributed by atoms with Gasteiger partial charge in [0.05, 0.1) is 5.56 Å². The first-order chi connectivity index (χ1) is 8.75. The summed E-state index contributed by atoms with van der Waals surface area (Å²) in [5.74, 6) is -0.863. The van der Waals surface area contributed by atoms with Crippen molar-refractivity contribution in [1.29, 1.82) is 0 Å². The van der Waals surface area contributed by atoms with Crippen LogP contribution in [-0.4, -0.2) is 11.1 Å². The van der Waals surface area contributed by atoms with E-state index >= 15 is 0 Å². The van der Waals surface area contributed by atoms with Gasteiger partial charge in [0.25, 0.3) is 0 Å². The summed E-state index contributed by atoms with van der Waals surface area (Å²) >= 11 is 0. The number of hydrogen-bond donors (Lipinski definition) is 1. The summed E-state index contributed by atoms with van der Waals surface area (Å²) in [6.45, 7) is 2.21. The second-order valence-corrected chi connectivity index (χ2v) is 4.50. The van der Waals surface area contributed by atoms with Gasteiger partial charge in [0, 0.05) is 0 Å². The number of allylic oxidation sites excluding steroid dienone is 1. The molecule has 0 aliphatic heterocycles. The molecule has 1 N–H and O–H groups in total. The second kappa shape index (κ2) is 8.51. The molecular formula is C16H22O2. The topological polar surface area (TPSA) is 37.3 Å². The van der Waals surface area contributed by atoms with Crippen LogP contribution in [0.2, 0.25) is 0 Å². The molecule has 0 aliphatic rings. The van der Waals surface area contributed by atoms with E-state index in [4.69, 9.17) is 5.11 Å². The normalized spacial score (nSPS) is 10.9. The SMILES string of the molecule is CCCCCCC/C=C/c1ccccc1C(=O)O. The zero-order valence-electron chi connectivity index (χ0n) is 11.1. The van der Waals surface area contributed by atoms with Crippen LogP contribution >= 0.6 is 0 Å². The first-order valence-electron chi connectivity index (χ1n) is 6.74. The molecule has 1 aromatic carbocycles. The number of hydrogen-bond acceptors (Lipinski definition) is 1. The lowest BCUT2D eigenvalue weighted by atomic mass is 10.1. The molecule has 2 nitrogen and oxygen atoms in total. The molecular weight excluding hydrogens is 224 g/mol. The van der Waals surface area contributed by atoms with Crippen molar-refractivity contribution in [2.75, 3.05) is 0 Å². The quantitative estimate of drug-likeness (QED) is 0.671. The standard InChI is InChI=1S/C16H22O2/c1-2-3-4-5-6-7-8-11-14-12-9-10-13-15(14)16(17)18/h8-13H,2-7H2,1H3,(H,17,18)/b11-8+. The van der Waals surface area contributed by atoms with Gasteiger partial charge in [-0.15, -0.1) is 0 Å². The molecule has 1 aromatic rings. The molecule has 1 rings (SSSR count). The van der Waals surface area contributed by atoms with E-state index in [-0.39, 0.29) is 0 Å². The van der Waals surface area contributed by atoms with Crippen molar-refractivity contribution < 1.29 is 9.90 Å². The lowest BCUT2D eigenvalue weighted by Crippen LogP contribution is -1.98. The lowest BCUT2D eigenvalue weighted by Gasteiger charge is -2.00. The number of carboxylic acid groups (broad SMARTS) is 1. The van der Waals surface area contributed by atoms with Crippen molar-refractivity contribution in [1.82, 2.24) is 0 Å². The van der Waals surface area contributed by atoms with E-state index in [0.29, 0.717) is 5.56 Å². The molecule has 18 heavy (non-hydrogen) atoms. The molecule has 0 aromatic heterocycles. The number of rotatable bonds is 8. The van der Waals surface area contributed by atoms with E-state index in [0.717, 1.165) is 12.0 Å². The molecule has 0 unspecified atom stereocenters. The summed E-state index contributed by atoms with van der Waals surface area (Å²) in [6.07, 6.45) is 11.3. The summed E-state index contributed by atoms with van der Waals surface area (Å²) in [7, 11) is 0. The van der Waals surface area contributed by atoms with Gasteiger partial charge in [-0.05, 0) is 24.5 Å². The third-order valence-electron chi connectivity index (χ3n) is 2.96. The van der Waals surface area contributed by atoms with Crippen molar-refractivity contribution in [3.8, 4) is 0 Å². The summed E-state index contributed by atoms with van der Waals surface area (Å²) in [6, 6.07) is 7.11. The highest BCUT2D eigenvalue weighted by Crippen LogP contribution is 2.12. The van der Waals surface area contributed by atoms with E-state index in [2.05, 4.69) is 13.0 Å². The number of carbonyl (C=O) groups is 1. The molecule has 0 spiro atoms. The van der Waals surface area contributed by atoms with Crippen LogP contribution in [0.15, 0.2) is 30.3 Å². The van der Waals surface area contributed by atoms with E-state index in [1.807, 2.05) is 18.2 Å². The second-order valence-electron chi connectivity index (χ2n) is 4.50. The Morgan fingerprint density at radius 3 is 2.61 bits per heavy atom. The molecule has 98 valence electrons. The van der Waals surface area contributed by atoms with Crippen LogP contribution in [0.3, 0.4) is 0 Å². The zero-order valence-corrected chi connectivity index (χ0v) is 11.1. The number of carboxylic acids is 1. The van der Waals surface area contributed by atoms with Gasteiger partial charge in [0.2, 0.25) is 0 Å². The number of aromatic carboxylic acids is 1. The molecule has 0 aliphatic carbocycles. The first kappa shape index (κ1) is 14.5.